The molecule has 0 spiro atoms. The summed E-state index contributed by atoms with van der Waals surface area (Å²) in [4.78, 5) is 14.5. The van der Waals surface area contributed by atoms with Gasteiger partial charge in [-0.25, -0.2) is 0 Å². The third-order valence-electron chi connectivity index (χ3n) is 4.31. The predicted molar refractivity (Wildman–Crippen MR) is 76.0 cm³/mol. The first-order valence-electron chi connectivity index (χ1n) is 7.30. The van der Waals surface area contributed by atoms with E-state index in [0.717, 1.165) is 25.1 Å². The van der Waals surface area contributed by atoms with Crippen LogP contribution in [0.2, 0.25) is 0 Å². The van der Waals surface area contributed by atoms with Crippen LogP contribution in [-0.2, 0) is 11.2 Å². The van der Waals surface area contributed by atoms with Gasteiger partial charge in [0.25, 0.3) is 0 Å². The average Bonchev–Trinajstić information content (AvgIpc) is 2.68. The summed E-state index contributed by atoms with van der Waals surface area (Å²) in [5, 5.41) is 3.62. The number of aryl methyl sites for hydroxylation is 1. The molecule has 0 aliphatic carbocycles. The standard InChI is InChI=1S/C16H22N2O/c1-12-3-2-4-13(9-12)10-16(19)18-8-7-14-5-6-15(11-18)17-14/h2-4,9,14-15,17H,5-8,10-11H2,1H3. The molecule has 3 nitrogen and oxygen atoms in total. The Kier molecular flexibility index (Phi) is 3.56. The third kappa shape index (κ3) is 2.98. The molecule has 1 amide bonds. The summed E-state index contributed by atoms with van der Waals surface area (Å²) in [6.07, 6.45) is 4.15. The number of likely N-dealkylation sites (tertiary alicyclic amines) is 1. The minimum atomic E-state index is 0.278. The molecular weight excluding hydrogens is 236 g/mol. The van der Waals surface area contributed by atoms with Crippen LogP contribution in [0.4, 0.5) is 0 Å². The molecule has 3 rings (SSSR count). The zero-order chi connectivity index (χ0) is 13.2. The molecule has 2 aliphatic heterocycles. The number of carbonyl (C=O) groups is 1. The molecule has 2 fully saturated rings. The fraction of sp³-hybridized carbons (Fsp3) is 0.562. The quantitative estimate of drug-likeness (QED) is 0.878. The summed E-state index contributed by atoms with van der Waals surface area (Å²) in [6, 6.07) is 9.43. The normalized spacial score (nSPS) is 26.3. The number of nitrogens with zero attached hydrogens (tertiary/aromatic N) is 1. The number of hydrogen-bond acceptors (Lipinski definition) is 2. The maximum absolute atomic E-state index is 12.4. The van der Waals surface area contributed by atoms with Crippen LogP contribution in [-0.4, -0.2) is 36.0 Å². The van der Waals surface area contributed by atoms with Crippen molar-refractivity contribution in [3.8, 4) is 0 Å². The van der Waals surface area contributed by atoms with Crippen molar-refractivity contribution in [1.29, 1.82) is 0 Å². The van der Waals surface area contributed by atoms with Gasteiger partial charge in [0.05, 0.1) is 6.42 Å². The van der Waals surface area contributed by atoms with E-state index in [1.165, 1.54) is 18.4 Å². The summed E-state index contributed by atoms with van der Waals surface area (Å²) >= 11 is 0. The highest BCUT2D eigenvalue weighted by Gasteiger charge is 2.30. The Hall–Kier alpha value is -1.35. The van der Waals surface area contributed by atoms with Gasteiger partial charge >= 0.3 is 0 Å². The summed E-state index contributed by atoms with van der Waals surface area (Å²) in [5.74, 6) is 0.278. The minimum Gasteiger partial charge on any atom is -0.341 e. The molecule has 2 bridgehead atoms. The highest BCUT2D eigenvalue weighted by Crippen LogP contribution is 2.21. The Bertz CT molecular complexity index is 472. The van der Waals surface area contributed by atoms with Crippen LogP contribution < -0.4 is 5.32 Å². The zero-order valence-electron chi connectivity index (χ0n) is 11.6. The Labute approximate surface area is 115 Å². The first-order valence-corrected chi connectivity index (χ1v) is 7.30. The molecular formula is C16H22N2O. The van der Waals surface area contributed by atoms with E-state index in [2.05, 4.69) is 29.3 Å². The van der Waals surface area contributed by atoms with Crippen molar-refractivity contribution in [2.24, 2.45) is 0 Å². The van der Waals surface area contributed by atoms with Crippen LogP contribution in [0.1, 0.15) is 30.4 Å². The van der Waals surface area contributed by atoms with E-state index < -0.39 is 0 Å². The van der Waals surface area contributed by atoms with E-state index in [1.807, 2.05) is 12.1 Å². The van der Waals surface area contributed by atoms with Crippen molar-refractivity contribution in [2.75, 3.05) is 13.1 Å². The van der Waals surface area contributed by atoms with Crippen LogP contribution in [0.5, 0.6) is 0 Å². The summed E-state index contributed by atoms with van der Waals surface area (Å²) in [7, 11) is 0. The van der Waals surface area contributed by atoms with Crippen LogP contribution in [0, 0.1) is 6.92 Å². The van der Waals surface area contributed by atoms with Gasteiger partial charge in [-0.15, -0.1) is 0 Å². The van der Waals surface area contributed by atoms with E-state index in [4.69, 9.17) is 0 Å². The van der Waals surface area contributed by atoms with Crippen molar-refractivity contribution in [1.82, 2.24) is 10.2 Å². The largest absolute Gasteiger partial charge is 0.341 e. The zero-order valence-corrected chi connectivity index (χ0v) is 11.6. The average molecular weight is 258 g/mol. The molecule has 1 aromatic carbocycles. The predicted octanol–water partition coefficient (Wildman–Crippen LogP) is 1.89. The van der Waals surface area contributed by atoms with Crippen molar-refractivity contribution in [2.45, 2.75) is 44.7 Å². The van der Waals surface area contributed by atoms with Crippen LogP contribution in [0.3, 0.4) is 0 Å². The van der Waals surface area contributed by atoms with Crippen LogP contribution >= 0.6 is 0 Å². The van der Waals surface area contributed by atoms with Crippen molar-refractivity contribution < 1.29 is 4.79 Å². The summed E-state index contributed by atoms with van der Waals surface area (Å²) in [5.41, 5.74) is 2.36. The molecule has 0 saturated carbocycles. The van der Waals surface area contributed by atoms with E-state index in [0.29, 0.717) is 18.5 Å². The molecule has 2 aliphatic rings. The number of nitrogens with one attached hydrogen (secondary N) is 1. The number of rotatable bonds is 2. The van der Waals surface area contributed by atoms with Gasteiger partial charge in [0, 0.05) is 25.2 Å². The number of carbonyl (C=O) groups excluding carboxylic acids is 1. The van der Waals surface area contributed by atoms with Gasteiger partial charge in [-0.2, -0.15) is 0 Å². The van der Waals surface area contributed by atoms with Crippen LogP contribution in [0.25, 0.3) is 0 Å². The second-order valence-corrected chi connectivity index (χ2v) is 5.93. The van der Waals surface area contributed by atoms with Gasteiger partial charge in [0.15, 0.2) is 0 Å². The van der Waals surface area contributed by atoms with Gasteiger partial charge in [-0.1, -0.05) is 29.8 Å². The molecule has 0 aromatic heterocycles. The molecule has 2 heterocycles. The van der Waals surface area contributed by atoms with Crippen molar-refractivity contribution in [3.63, 3.8) is 0 Å². The van der Waals surface area contributed by atoms with Gasteiger partial charge < -0.3 is 10.2 Å². The van der Waals surface area contributed by atoms with Crippen molar-refractivity contribution >= 4 is 5.91 Å². The SMILES string of the molecule is Cc1cccc(CC(=O)N2CCC3CCC(C2)N3)c1. The van der Waals surface area contributed by atoms with Gasteiger partial charge in [0.1, 0.15) is 0 Å². The second kappa shape index (κ2) is 5.33. The monoisotopic (exact) mass is 258 g/mol. The molecule has 102 valence electrons. The lowest BCUT2D eigenvalue weighted by molar-refractivity contribution is -0.130. The van der Waals surface area contributed by atoms with Crippen LogP contribution in [0.15, 0.2) is 24.3 Å². The fourth-order valence-electron chi connectivity index (χ4n) is 3.28. The Morgan fingerprint density at radius 2 is 2.16 bits per heavy atom. The summed E-state index contributed by atoms with van der Waals surface area (Å²) in [6.45, 7) is 3.88. The van der Waals surface area contributed by atoms with E-state index in [1.54, 1.807) is 0 Å². The highest BCUT2D eigenvalue weighted by atomic mass is 16.2. The molecule has 2 atom stereocenters. The molecule has 1 N–H and O–H groups in total. The topological polar surface area (TPSA) is 32.3 Å². The lowest BCUT2D eigenvalue weighted by atomic mass is 10.1. The second-order valence-electron chi connectivity index (χ2n) is 5.93. The lowest BCUT2D eigenvalue weighted by Gasteiger charge is -2.24. The summed E-state index contributed by atoms with van der Waals surface area (Å²) < 4.78 is 0. The maximum atomic E-state index is 12.4. The molecule has 2 saturated heterocycles. The first kappa shape index (κ1) is 12.7. The van der Waals surface area contributed by atoms with E-state index in [9.17, 15) is 4.79 Å². The molecule has 19 heavy (non-hydrogen) atoms. The number of hydrogen-bond donors (Lipinski definition) is 1. The van der Waals surface area contributed by atoms with Gasteiger partial charge in [0.2, 0.25) is 5.91 Å². The van der Waals surface area contributed by atoms with Gasteiger partial charge in [-0.05, 0) is 31.7 Å². The van der Waals surface area contributed by atoms with Crippen molar-refractivity contribution in [3.05, 3.63) is 35.4 Å². The van der Waals surface area contributed by atoms with E-state index >= 15 is 0 Å². The third-order valence-corrected chi connectivity index (χ3v) is 4.31. The Morgan fingerprint density at radius 3 is 3.00 bits per heavy atom. The van der Waals surface area contributed by atoms with Gasteiger partial charge in [-0.3, -0.25) is 4.79 Å². The molecule has 2 unspecified atom stereocenters. The minimum absolute atomic E-state index is 0.278. The Balaban J connectivity index is 1.64. The molecule has 0 radical (unpaired) electrons. The smallest absolute Gasteiger partial charge is 0.227 e. The highest BCUT2D eigenvalue weighted by molar-refractivity contribution is 5.79. The first-order chi connectivity index (χ1) is 9.20. The fourth-order valence-corrected chi connectivity index (χ4v) is 3.28. The number of benzene rings is 1. The molecule has 1 aromatic rings. The number of fused-ring (bicyclic) bond motifs is 2. The molecule has 3 heteroatoms. The maximum Gasteiger partial charge on any atom is 0.227 e. The lowest BCUT2D eigenvalue weighted by Crippen LogP contribution is -2.39. The van der Waals surface area contributed by atoms with E-state index in [-0.39, 0.29) is 5.91 Å². The Morgan fingerprint density at radius 1 is 1.32 bits per heavy atom. The number of amides is 1.